The fourth-order valence-corrected chi connectivity index (χ4v) is 3.61. The number of fused-ring (bicyclic) bond motifs is 1. The fraction of sp³-hybridized carbons (Fsp3) is 0.100. The molecule has 0 spiro atoms. The first-order valence-corrected chi connectivity index (χ1v) is 10.5. The molecule has 1 atom stereocenters. The molecule has 8 heteroatoms. The number of hydrogen-bond donors (Lipinski definition) is 2. The topological polar surface area (TPSA) is 88.8 Å². The number of pyridine rings is 1. The quantitative estimate of drug-likeness (QED) is 0.495. The molecule has 0 saturated heterocycles. The normalized spacial score (nSPS) is 13.2. The number of ether oxygens (including phenoxy) is 1. The van der Waals surface area contributed by atoms with E-state index in [1.807, 2.05) is 48.5 Å². The molecule has 0 aliphatic carbocycles. The molecule has 142 valence electrons. The number of rotatable bonds is 5. The lowest BCUT2D eigenvalue weighted by atomic mass is 10.1. The highest BCUT2D eigenvalue weighted by Crippen LogP contribution is 2.28. The van der Waals surface area contributed by atoms with Crippen molar-refractivity contribution in [3.8, 4) is 17.0 Å². The van der Waals surface area contributed by atoms with E-state index < -0.39 is 10.2 Å². The Morgan fingerprint density at radius 3 is 2.64 bits per heavy atom. The third-order valence-electron chi connectivity index (χ3n) is 4.28. The lowest BCUT2D eigenvalue weighted by Crippen LogP contribution is -2.06. The SMILES string of the molecule is COc1ccccc1Nc1nc2cccc(-c3cccc([S+](C)(=O)O)c3)n2n1. The molecule has 2 aromatic heterocycles. The number of aromatic nitrogens is 3. The second-order valence-electron chi connectivity index (χ2n) is 6.27. The van der Waals surface area contributed by atoms with Gasteiger partial charge in [0.25, 0.3) is 0 Å². The van der Waals surface area contributed by atoms with Gasteiger partial charge in [0.05, 0.1) is 18.5 Å². The molecule has 0 aliphatic rings. The maximum atomic E-state index is 12.0. The molecule has 2 heterocycles. The van der Waals surface area contributed by atoms with Gasteiger partial charge in [-0.15, -0.1) is 5.10 Å². The summed E-state index contributed by atoms with van der Waals surface area (Å²) in [5.41, 5.74) is 2.96. The zero-order chi connectivity index (χ0) is 19.7. The van der Waals surface area contributed by atoms with Gasteiger partial charge in [-0.3, -0.25) is 0 Å². The molecule has 28 heavy (non-hydrogen) atoms. The van der Waals surface area contributed by atoms with Gasteiger partial charge in [-0.25, -0.2) is 4.52 Å². The van der Waals surface area contributed by atoms with E-state index in [2.05, 4.69) is 15.4 Å². The van der Waals surface area contributed by atoms with E-state index in [0.29, 0.717) is 22.2 Å². The third kappa shape index (κ3) is 3.47. The van der Waals surface area contributed by atoms with Gasteiger partial charge in [-0.05, 0) is 30.3 Å². The summed E-state index contributed by atoms with van der Waals surface area (Å²) >= 11 is 0. The number of methoxy groups -OCH3 is 1. The van der Waals surface area contributed by atoms with E-state index in [9.17, 15) is 8.76 Å². The van der Waals surface area contributed by atoms with Crippen LogP contribution in [0.5, 0.6) is 5.75 Å². The average molecular weight is 395 g/mol. The van der Waals surface area contributed by atoms with Crippen LogP contribution in [0.25, 0.3) is 16.9 Å². The first kappa shape index (κ1) is 18.1. The molecule has 0 radical (unpaired) electrons. The standard InChI is InChI=1S/C20H18N4O3S/c1-27-18-11-4-3-9-16(18)21-20-22-19-12-6-10-17(24(19)23-20)14-7-5-8-15(13-14)28(2,25)26/h3-13H,1-2H3,(H-,21,23,25,26)/p+1. The highest BCUT2D eigenvalue weighted by atomic mass is 32.3. The Morgan fingerprint density at radius 1 is 1.07 bits per heavy atom. The van der Waals surface area contributed by atoms with Crippen molar-refractivity contribution in [2.24, 2.45) is 0 Å². The molecule has 2 aromatic carbocycles. The van der Waals surface area contributed by atoms with Gasteiger partial charge in [0.2, 0.25) is 16.2 Å². The van der Waals surface area contributed by atoms with Crippen molar-refractivity contribution in [3.63, 3.8) is 0 Å². The molecular formula is C20H19N4O3S+. The van der Waals surface area contributed by atoms with Crippen LogP contribution in [0.2, 0.25) is 0 Å². The van der Waals surface area contributed by atoms with Crippen molar-refractivity contribution in [2.45, 2.75) is 4.90 Å². The minimum absolute atomic E-state index is 0.370. The van der Waals surface area contributed by atoms with Gasteiger partial charge in [-0.1, -0.05) is 34.5 Å². The van der Waals surface area contributed by atoms with Crippen molar-refractivity contribution >= 4 is 27.5 Å². The molecule has 0 saturated carbocycles. The Morgan fingerprint density at radius 2 is 1.86 bits per heavy atom. The van der Waals surface area contributed by atoms with Crippen LogP contribution in [0.1, 0.15) is 0 Å². The Balaban J connectivity index is 1.77. The maximum Gasteiger partial charge on any atom is 0.247 e. The predicted molar refractivity (Wildman–Crippen MR) is 110 cm³/mol. The first-order chi connectivity index (χ1) is 13.5. The van der Waals surface area contributed by atoms with Gasteiger partial charge in [0, 0.05) is 11.6 Å². The highest BCUT2D eigenvalue weighted by molar-refractivity contribution is 7.97. The summed E-state index contributed by atoms with van der Waals surface area (Å²) in [6.45, 7) is 0. The van der Waals surface area contributed by atoms with E-state index in [1.54, 1.807) is 29.8 Å². The summed E-state index contributed by atoms with van der Waals surface area (Å²) in [6.07, 6.45) is 1.30. The molecule has 4 rings (SSSR count). The second kappa shape index (κ2) is 7.06. The first-order valence-electron chi connectivity index (χ1n) is 8.53. The van der Waals surface area contributed by atoms with Crippen LogP contribution in [0, 0.1) is 0 Å². The van der Waals surface area contributed by atoms with Gasteiger partial charge in [-0.2, -0.15) is 9.54 Å². The number of para-hydroxylation sites is 2. The van der Waals surface area contributed by atoms with Crippen molar-refractivity contribution < 1.29 is 13.5 Å². The molecule has 2 N–H and O–H groups in total. The molecule has 1 unspecified atom stereocenters. The second-order valence-corrected chi connectivity index (χ2v) is 8.35. The molecule has 4 aromatic rings. The molecule has 0 fully saturated rings. The third-order valence-corrected chi connectivity index (χ3v) is 5.41. The molecular weight excluding hydrogens is 376 g/mol. The molecule has 0 bridgehead atoms. The Kier molecular flexibility index (Phi) is 4.58. The highest BCUT2D eigenvalue weighted by Gasteiger charge is 2.22. The smallest absolute Gasteiger partial charge is 0.247 e. The van der Waals surface area contributed by atoms with E-state index in [1.165, 1.54) is 6.26 Å². The summed E-state index contributed by atoms with van der Waals surface area (Å²) in [6, 6.07) is 20.1. The van der Waals surface area contributed by atoms with E-state index in [0.717, 1.165) is 16.9 Å². The Bertz CT molecular complexity index is 1200. The number of hydrogen-bond acceptors (Lipinski definition) is 5. The Labute approximate surface area is 163 Å². The fourth-order valence-electron chi connectivity index (χ4n) is 2.94. The largest absolute Gasteiger partial charge is 0.495 e. The van der Waals surface area contributed by atoms with Crippen molar-refractivity contribution in [1.29, 1.82) is 0 Å². The predicted octanol–water partition coefficient (Wildman–Crippen LogP) is 4.11. The van der Waals surface area contributed by atoms with Crippen LogP contribution < -0.4 is 10.1 Å². The van der Waals surface area contributed by atoms with Gasteiger partial charge in [0.1, 0.15) is 12.0 Å². The minimum Gasteiger partial charge on any atom is -0.495 e. The van der Waals surface area contributed by atoms with Crippen molar-refractivity contribution in [3.05, 3.63) is 66.7 Å². The van der Waals surface area contributed by atoms with Crippen LogP contribution in [-0.2, 0) is 14.4 Å². The molecule has 7 nitrogen and oxygen atoms in total. The number of nitrogens with zero attached hydrogens (tertiary/aromatic N) is 3. The van der Waals surface area contributed by atoms with E-state index in [-0.39, 0.29) is 0 Å². The summed E-state index contributed by atoms with van der Waals surface area (Å²) in [5, 5.41) is 7.73. The van der Waals surface area contributed by atoms with Crippen LogP contribution in [0.3, 0.4) is 0 Å². The van der Waals surface area contributed by atoms with Crippen molar-refractivity contribution in [2.75, 3.05) is 18.7 Å². The zero-order valence-electron chi connectivity index (χ0n) is 15.4. The summed E-state index contributed by atoms with van der Waals surface area (Å²) in [7, 11) is -1.44. The monoisotopic (exact) mass is 395 g/mol. The van der Waals surface area contributed by atoms with Crippen LogP contribution in [0.15, 0.2) is 71.6 Å². The van der Waals surface area contributed by atoms with Crippen LogP contribution in [0.4, 0.5) is 11.6 Å². The zero-order valence-corrected chi connectivity index (χ0v) is 16.2. The lowest BCUT2D eigenvalue weighted by molar-refractivity contribution is 0.417. The number of nitrogens with one attached hydrogen (secondary N) is 1. The average Bonchev–Trinajstić information content (AvgIpc) is 3.10. The van der Waals surface area contributed by atoms with Gasteiger partial charge in [0.15, 0.2) is 10.5 Å². The summed E-state index contributed by atoms with van der Waals surface area (Å²) < 4.78 is 28.9. The van der Waals surface area contributed by atoms with Crippen LogP contribution >= 0.6 is 0 Å². The van der Waals surface area contributed by atoms with E-state index >= 15 is 0 Å². The summed E-state index contributed by atoms with van der Waals surface area (Å²) in [5.74, 6) is 1.12. The van der Waals surface area contributed by atoms with Gasteiger partial charge < -0.3 is 10.1 Å². The lowest BCUT2D eigenvalue weighted by Gasteiger charge is -2.07. The molecule has 0 amide bonds. The van der Waals surface area contributed by atoms with Crippen molar-refractivity contribution in [1.82, 2.24) is 14.6 Å². The Hall–Kier alpha value is -3.23. The van der Waals surface area contributed by atoms with Gasteiger partial charge >= 0.3 is 0 Å². The number of anilines is 2. The van der Waals surface area contributed by atoms with E-state index in [4.69, 9.17) is 4.74 Å². The number of benzene rings is 2. The molecule has 0 aliphatic heterocycles. The maximum absolute atomic E-state index is 12.0. The van der Waals surface area contributed by atoms with Crippen LogP contribution in [-0.4, -0.2) is 32.5 Å². The summed E-state index contributed by atoms with van der Waals surface area (Å²) in [4.78, 5) is 4.89. The minimum atomic E-state index is -3.05.